The van der Waals surface area contributed by atoms with Gasteiger partial charge in [-0.3, -0.25) is 4.21 Å². The van der Waals surface area contributed by atoms with E-state index in [0.29, 0.717) is 17.4 Å². The van der Waals surface area contributed by atoms with E-state index < -0.39 is 10.8 Å². The fourth-order valence-electron chi connectivity index (χ4n) is 1.31. The zero-order valence-electron chi connectivity index (χ0n) is 9.70. The molecule has 0 radical (unpaired) electrons. The van der Waals surface area contributed by atoms with Gasteiger partial charge in [0.15, 0.2) is 0 Å². The van der Waals surface area contributed by atoms with E-state index in [1.807, 2.05) is 18.2 Å². The van der Waals surface area contributed by atoms with Crippen molar-refractivity contribution in [2.24, 2.45) is 5.92 Å². The van der Waals surface area contributed by atoms with E-state index in [-0.39, 0.29) is 0 Å². The third kappa shape index (κ3) is 4.66. The van der Waals surface area contributed by atoms with Crippen molar-refractivity contribution < 1.29 is 4.21 Å². The van der Waals surface area contributed by atoms with E-state index in [4.69, 9.17) is 5.73 Å². The second-order valence-electron chi connectivity index (χ2n) is 4.33. The van der Waals surface area contributed by atoms with Gasteiger partial charge in [0.2, 0.25) is 0 Å². The van der Waals surface area contributed by atoms with Crippen molar-refractivity contribution in [3.05, 3.63) is 28.2 Å². The molecule has 1 unspecified atom stereocenters. The lowest BCUT2D eigenvalue weighted by molar-refractivity contribution is 0.619. The Labute approximate surface area is 108 Å². The Kier molecular flexibility index (Phi) is 5.49. The van der Waals surface area contributed by atoms with Crippen LogP contribution in [0.2, 0.25) is 0 Å². The van der Waals surface area contributed by atoms with Crippen LogP contribution < -0.4 is 5.73 Å². The number of rotatable bonds is 5. The average Bonchev–Trinajstić information content (AvgIpc) is 2.21. The number of hydrogen-bond acceptors (Lipinski definition) is 2. The zero-order chi connectivity index (χ0) is 12.1. The predicted octanol–water partition coefficient (Wildman–Crippen LogP) is 3.33. The molecule has 16 heavy (non-hydrogen) atoms. The van der Waals surface area contributed by atoms with Gasteiger partial charge >= 0.3 is 0 Å². The fraction of sp³-hybridized carbons (Fsp3) is 0.500. The number of nitrogen functional groups attached to an aromatic ring is 1. The van der Waals surface area contributed by atoms with E-state index in [2.05, 4.69) is 29.8 Å². The van der Waals surface area contributed by atoms with Crippen LogP contribution in [0.15, 0.2) is 22.7 Å². The highest BCUT2D eigenvalue weighted by Crippen LogP contribution is 2.21. The summed E-state index contributed by atoms with van der Waals surface area (Å²) in [7, 11) is -0.777. The Bertz CT molecular complexity index is 379. The average molecular weight is 304 g/mol. The molecule has 1 rings (SSSR count). The van der Waals surface area contributed by atoms with Crippen LogP contribution in [0, 0.1) is 5.92 Å². The summed E-state index contributed by atoms with van der Waals surface area (Å²) in [4.78, 5) is 0. The van der Waals surface area contributed by atoms with Crippen LogP contribution >= 0.6 is 15.9 Å². The Morgan fingerprint density at radius 3 is 2.69 bits per heavy atom. The standard InChI is InChI=1S/C12H18BrNOS/c1-9(2)5-6-16(15)8-10-3-4-11(13)12(14)7-10/h3-4,7,9H,5-6,8,14H2,1-2H3. The minimum atomic E-state index is -0.777. The van der Waals surface area contributed by atoms with Crippen molar-refractivity contribution in [2.45, 2.75) is 26.0 Å². The molecule has 0 aliphatic carbocycles. The molecule has 0 saturated heterocycles. The molecule has 1 atom stereocenters. The Hall–Kier alpha value is -0.350. The molecule has 4 heteroatoms. The molecular formula is C12H18BrNOS. The van der Waals surface area contributed by atoms with E-state index in [0.717, 1.165) is 22.2 Å². The summed E-state index contributed by atoms with van der Waals surface area (Å²) in [6.45, 7) is 4.30. The Morgan fingerprint density at radius 1 is 1.44 bits per heavy atom. The molecule has 0 aliphatic rings. The number of anilines is 1. The largest absolute Gasteiger partial charge is 0.398 e. The maximum absolute atomic E-state index is 11.8. The molecule has 0 amide bonds. The third-order valence-corrected chi connectivity index (χ3v) is 4.38. The van der Waals surface area contributed by atoms with Gasteiger partial charge in [0, 0.05) is 32.5 Å². The summed E-state index contributed by atoms with van der Waals surface area (Å²) in [5.41, 5.74) is 7.52. The van der Waals surface area contributed by atoms with E-state index in [1.54, 1.807) is 0 Å². The van der Waals surface area contributed by atoms with Gasteiger partial charge < -0.3 is 5.73 Å². The van der Waals surface area contributed by atoms with Crippen LogP contribution in [-0.4, -0.2) is 9.96 Å². The van der Waals surface area contributed by atoms with Crippen LogP contribution in [0.25, 0.3) is 0 Å². The van der Waals surface area contributed by atoms with Gasteiger partial charge in [-0.1, -0.05) is 19.9 Å². The third-order valence-electron chi connectivity index (χ3n) is 2.31. The lowest BCUT2D eigenvalue weighted by Gasteiger charge is -2.06. The molecule has 0 fully saturated rings. The monoisotopic (exact) mass is 303 g/mol. The molecule has 0 saturated carbocycles. The molecular weight excluding hydrogens is 286 g/mol. The molecule has 0 aromatic heterocycles. The minimum absolute atomic E-state index is 0.601. The molecule has 1 aromatic rings. The van der Waals surface area contributed by atoms with Crippen LogP contribution in [0.5, 0.6) is 0 Å². The first-order valence-corrected chi connectivity index (χ1v) is 7.66. The second kappa shape index (κ2) is 6.40. The summed E-state index contributed by atoms with van der Waals surface area (Å²) in [5, 5.41) is 0. The van der Waals surface area contributed by atoms with Crippen molar-refractivity contribution in [1.29, 1.82) is 0 Å². The van der Waals surface area contributed by atoms with Crippen LogP contribution in [0.1, 0.15) is 25.8 Å². The summed E-state index contributed by atoms with van der Waals surface area (Å²) in [6, 6.07) is 5.76. The molecule has 0 aliphatic heterocycles. The van der Waals surface area contributed by atoms with Crippen molar-refractivity contribution >= 4 is 32.4 Å². The molecule has 2 nitrogen and oxygen atoms in total. The zero-order valence-corrected chi connectivity index (χ0v) is 12.1. The smallest absolute Gasteiger partial charge is 0.0486 e. The Morgan fingerprint density at radius 2 is 2.12 bits per heavy atom. The Balaban J connectivity index is 2.53. The normalized spacial score (nSPS) is 13.0. The van der Waals surface area contributed by atoms with Gasteiger partial charge in [0.25, 0.3) is 0 Å². The minimum Gasteiger partial charge on any atom is -0.398 e. The number of hydrogen-bond donors (Lipinski definition) is 1. The molecule has 2 N–H and O–H groups in total. The second-order valence-corrected chi connectivity index (χ2v) is 6.76. The maximum Gasteiger partial charge on any atom is 0.0486 e. The van der Waals surface area contributed by atoms with Gasteiger partial charge in [-0.2, -0.15) is 0 Å². The quantitative estimate of drug-likeness (QED) is 0.848. The molecule has 0 spiro atoms. The fourth-order valence-corrected chi connectivity index (χ4v) is 2.98. The lowest BCUT2D eigenvalue weighted by atomic mass is 10.2. The molecule has 1 aromatic carbocycles. The summed E-state index contributed by atoms with van der Waals surface area (Å²) >= 11 is 3.34. The van der Waals surface area contributed by atoms with Crippen molar-refractivity contribution in [3.63, 3.8) is 0 Å². The maximum atomic E-state index is 11.8. The first-order valence-electron chi connectivity index (χ1n) is 5.38. The number of benzene rings is 1. The van der Waals surface area contributed by atoms with Crippen molar-refractivity contribution in [2.75, 3.05) is 11.5 Å². The lowest BCUT2D eigenvalue weighted by Crippen LogP contribution is -2.04. The van der Waals surface area contributed by atoms with Gasteiger partial charge in [-0.05, 0) is 46.0 Å². The first-order chi connectivity index (χ1) is 7.49. The highest BCUT2D eigenvalue weighted by Gasteiger charge is 2.05. The highest BCUT2D eigenvalue weighted by molar-refractivity contribution is 9.10. The molecule has 0 heterocycles. The SMILES string of the molecule is CC(C)CCS(=O)Cc1ccc(Br)c(N)c1. The van der Waals surface area contributed by atoms with E-state index in [1.165, 1.54) is 0 Å². The van der Waals surface area contributed by atoms with Crippen molar-refractivity contribution in [1.82, 2.24) is 0 Å². The summed E-state index contributed by atoms with van der Waals surface area (Å²) in [5.74, 6) is 1.98. The summed E-state index contributed by atoms with van der Waals surface area (Å²) < 4.78 is 12.7. The topological polar surface area (TPSA) is 43.1 Å². The van der Waals surface area contributed by atoms with E-state index >= 15 is 0 Å². The first kappa shape index (κ1) is 13.7. The van der Waals surface area contributed by atoms with Crippen LogP contribution in [0.3, 0.4) is 0 Å². The predicted molar refractivity (Wildman–Crippen MR) is 74.7 cm³/mol. The van der Waals surface area contributed by atoms with E-state index in [9.17, 15) is 4.21 Å². The van der Waals surface area contributed by atoms with Gasteiger partial charge in [0.05, 0.1) is 0 Å². The van der Waals surface area contributed by atoms with Crippen molar-refractivity contribution in [3.8, 4) is 0 Å². The number of nitrogens with two attached hydrogens (primary N) is 1. The summed E-state index contributed by atoms with van der Waals surface area (Å²) in [6.07, 6.45) is 1.01. The van der Waals surface area contributed by atoms with Gasteiger partial charge in [0.1, 0.15) is 0 Å². The molecule has 90 valence electrons. The highest BCUT2D eigenvalue weighted by atomic mass is 79.9. The number of halogens is 1. The van der Waals surface area contributed by atoms with Gasteiger partial charge in [-0.25, -0.2) is 0 Å². The van der Waals surface area contributed by atoms with Gasteiger partial charge in [-0.15, -0.1) is 0 Å². The molecule has 0 bridgehead atoms. The van der Waals surface area contributed by atoms with Crippen LogP contribution in [-0.2, 0) is 16.6 Å². The van der Waals surface area contributed by atoms with Crippen LogP contribution in [0.4, 0.5) is 5.69 Å².